The summed E-state index contributed by atoms with van der Waals surface area (Å²) < 4.78 is 0. The van der Waals surface area contributed by atoms with Crippen LogP contribution in [0.25, 0.3) is 0 Å². The summed E-state index contributed by atoms with van der Waals surface area (Å²) in [5.74, 6) is 1.48. The van der Waals surface area contributed by atoms with Gasteiger partial charge >= 0.3 is 0 Å². The molecular weight excluding hydrogens is 206 g/mol. The lowest BCUT2D eigenvalue weighted by atomic mass is 9.93. The smallest absolute Gasteiger partial charge is 0.0426 e. The van der Waals surface area contributed by atoms with E-state index in [1.165, 1.54) is 11.3 Å². The predicted octanol–water partition coefficient (Wildman–Crippen LogP) is 5.25. The summed E-state index contributed by atoms with van der Waals surface area (Å²) in [6.07, 6.45) is 2.97. The van der Waals surface area contributed by atoms with Gasteiger partial charge in [0.2, 0.25) is 0 Å². The van der Waals surface area contributed by atoms with Crippen molar-refractivity contribution >= 4 is 5.71 Å². The van der Waals surface area contributed by atoms with Gasteiger partial charge in [0.05, 0.1) is 0 Å². The second kappa shape index (κ2) is 7.47. The molecule has 0 bridgehead atoms. The SMILES string of the molecule is C=C/C(=N\C(=C(/CC)C(C)C)C(C)C)C(C)C. The Morgan fingerprint density at radius 1 is 1.00 bits per heavy atom. The molecule has 0 atom stereocenters. The zero-order chi connectivity index (χ0) is 13.6. The van der Waals surface area contributed by atoms with Crippen LogP contribution in [-0.2, 0) is 0 Å². The Morgan fingerprint density at radius 3 is 1.76 bits per heavy atom. The first-order valence-electron chi connectivity index (χ1n) is 6.78. The molecule has 0 amide bonds. The molecule has 0 saturated carbocycles. The Labute approximate surface area is 108 Å². The minimum Gasteiger partial charge on any atom is -0.257 e. The molecule has 0 aromatic rings. The van der Waals surface area contributed by atoms with Crippen LogP contribution in [0.4, 0.5) is 0 Å². The van der Waals surface area contributed by atoms with Gasteiger partial charge in [-0.3, -0.25) is 4.99 Å². The molecule has 0 aromatic heterocycles. The third-order valence-corrected chi connectivity index (χ3v) is 3.00. The van der Waals surface area contributed by atoms with E-state index in [9.17, 15) is 0 Å². The van der Waals surface area contributed by atoms with Crippen molar-refractivity contribution in [3.8, 4) is 0 Å². The second-order valence-electron chi connectivity index (χ2n) is 5.47. The Balaban J connectivity index is 5.59. The Bertz CT molecular complexity index is 303. The first-order valence-corrected chi connectivity index (χ1v) is 6.78. The van der Waals surface area contributed by atoms with E-state index in [0.717, 1.165) is 12.1 Å². The van der Waals surface area contributed by atoms with Crippen LogP contribution in [0.5, 0.6) is 0 Å². The van der Waals surface area contributed by atoms with Crippen molar-refractivity contribution in [1.82, 2.24) is 0 Å². The van der Waals surface area contributed by atoms with Crippen LogP contribution < -0.4 is 0 Å². The number of hydrogen-bond donors (Lipinski definition) is 0. The lowest BCUT2D eigenvalue weighted by molar-refractivity contribution is 0.658. The number of hydrogen-bond acceptors (Lipinski definition) is 1. The normalized spacial score (nSPS) is 14.6. The molecule has 1 heteroatoms. The highest BCUT2D eigenvalue weighted by Crippen LogP contribution is 2.25. The van der Waals surface area contributed by atoms with E-state index in [0.29, 0.717) is 17.8 Å². The van der Waals surface area contributed by atoms with E-state index in [2.05, 4.69) is 55.0 Å². The lowest BCUT2D eigenvalue weighted by Gasteiger charge is -2.18. The number of nitrogens with zero attached hydrogens (tertiary/aromatic N) is 1. The highest BCUT2D eigenvalue weighted by molar-refractivity contribution is 5.96. The fourth-order valence-corrected chi connectivity index (χ4v) is 2.01. The van der Waals surface area contributed by atoms with Crippen molar-refractivity contribution in [2.75, 3.05) is 0 Å². The Kier molecular flexibility index (Phi) is 7.10. The molecule has 0 fully saturated rings. The molecule has 0 aliphatic heterocycles. The molecule has 0 rings (SSSR count). The average Bonchev–Trinajstić information content (AvgIpc) is 2.22. The van der Waals surface area contributed by atoms with Gasteiger partial charge in [0.1, 0.15) is 0 Å². The molecule has 0 spiro atoms. The van der Waals surface area contributed by atoms with E-state index in [4.69, 9.17) is 4.99 Å². The topological polar surface area (TPSA) is 12.4 Å². The summed E-state index contributed by atoms with van der Waals surface area (Å²) in [4.78, 5) is 4.86. The number of rotatable bonds is 6. The van der Waals surface area contributed by atoms with Gasteiger partial charge in [0.15, 0.2) is 0 Å². The zero-order valence-electron chi connectivity index (χ0n) is 12.7. The summed E-state index contributed by atoms with van der Waals surface area (Å²) >= 11 is 0. The first-order chi connectivity index (χ1) is 7.84. The summed E-state index contributed by atoms with van der Waals surface area (Å²) in [7, 11) is 0. The largest absolute Gasteiger partial charge is 0.257 e. The van der Waals surface area contributed by atoms with Gasteiger partial charge in [-0.05, 0) is 35.8 Å². The zero-order valence-corrected chi connectivity index (χ0v) is 12.7. The van der Waals surface area contributed by atoms with Gasteiger partial charge in [-0.1, -0.05) is 55.0 Å². The minimum absolute atomic E-state index is 0.437. The van der Waals surface area contributed by atoms with Crippen LogP contribution >= 0.6 is 0 Å². The van der Waals surface area contributed by atoms with Crippen molar-refractivity contribution < 1.29 is 0 Å². The van der Waals surface area contributed by atoms with Crippen LogP contribution in [0, 0.1) is 17.8 Å². The maximum absolute atomic E-state index is 4.86. The lowest BCUT2D eigenvalue weighted by Crippen LogP contribution is -2.09. The van der Waals surface area contributed by atoms with E-state index in [1.807, 2.05) is 6.08 Å². The molecule has 0 aliphatic rings. The molecule has 17 heavy (non-hydrogen) atoms. The minimum atomic E-state index is 0.437. The van der Waals surface area contributed by atoms with Gasteiger partial charge < -0.3 is 0 Å². The van der Waals surface area contributed by atoms with E-state index >= 15 is 0 Å². The third kappa shape index (κ3) is 4.89. The molecular formula is C16H29N. The Hall–Kier alpha value is -0.850. The summed E-state index contributed by atoms with van der Waals surface area (Å²) in [5, 5.41) is 0. The third-order valence-electron chi connectivity index (χ3n) is 3.00. The number of allylic oxidation sites excluding steroid dienone is 3. The van der Waals surface area contributed by atoms with Crippen LogP contribution in [-0.4, -0.2) is 5.71 Å². The summed E-state index contributed by atoms with van der Waals surface area (Å²) in [6, 6.07) is 0. The van der Waals surface area contributed by atoms with Crippen molar-refractivity contribution in [1.29, 1.82) is 0 Å². The molecule has 0 aliphatic carbocycles. The van der Waals surface area contributed by atoms with Crippen LogP contribution in [0.15, 0.2) is 28.9 Å². The molecule has 0 unspecified atom stereocenters. The highest BCUT2D eigenvalue weighted by Gasteiger charge is 2.13. The van der Waals surface area contributed by atoms with Gasteiger partial charge in [0, 0.05) is 11.4 Å². The van der Waals surface area contributed by atoms with Crippen molar-refractivity contribution in [3.05, 3.63) is 23.9 Å². The second-order valence-corrected chi connectivity index (χ2v) is 5.47. The number of aliphatic imine (C=N–C) groups is 1. The monoisotopic (exact) mass is 235 g/mol. The average molecular weight is 235 g/mol. The maximum Gasteiger partial charge on any atom is 0.0426 e. The fourth-order valence-electron chi connectivity index (χ4n) is 2.01. The van der Waals surface area contributed by atoms with Crippen molar-refractivity contribution in [2.45, 2.75) is 54.9 Å². The highest BCUT2D eigenvalue weighted by atomic mass is 14.8. The molecule has 0 N–H and O–H groups in total. The van der Waals surface area contributed by atoms with Gasteiger partial charge in [0.25, 0.3) is 0 Å². The molecule has 98 valence electrons. The van der Waals surface area contributed by atoms with E-state index < -0.39 is 0 Å². The maximum atomic E-state index is 4.86. The molecule has 0 saturated heterocycles. The van der Waals surface area contributed by atoms with Gasteiger partial charge in [-0.15, -0.1) is 0 Å². The molecule has 1 nitrogen and oxygen atoms in total. The van der Waals surface area contributed by atoms with Crippen molar-refractivity contribution in [3.63, 3.8) is 0 Å². The summed E-state index contributed by atoms with van der Waals surface area (Å²) in [6.45, 7) is 19.4. The molecule has 0 radical (unpaired) electrons. The summed E-state index contributed by atoms with van der Waals surface area (Å²) in [5.41, 5.74) is 3.83. The quantitative estimate of drug-likeness (QED) is 0.558. The van der Waals surface area contributed by atoms with Crippen LogP contribution in [0.2, 0.25) is 0 Å². The van der Waals surface area contributed by atoms with E-state index in [1.54, 1.807) is 0 Å². The van der Waals surface area contributed by atoms with Crippen LogP contribution in [0.1, 0.15) is 54.9 Å². The van der Waals surface area contributed by atoms with Gasteiger partial charge in [-0.2, -0.15) is 0 Å². The Morgan fingerprint density at radius 2 is 1.53 bits per heavy atom. The molecule has 0 aromatic carbocycles. The fraction of sp³-hybridized carbons (Fsp3) is 0.688. The predicted molar refractivity (Wildman–Crippen MR) is 79.5 cm³/mol. The van der Waals surface area contributed by atoms with Crippen molar-refractivity contribution in [2.24, 2.45) is 22.7 Å². The first kappa shape index (κ1) is 16.1. The van der Waals surface area contributed by atoms with E-state index in [-0.39, 0.29) is 0 Å². The van der Waals surface area contributed by atoms with Gasteiger partial charge in [-0.25, -0.2) is 0 Å². The van der Waals surface area contributed by atoms with Crippen LogP contribution in [0.3, 0.4) is 0 Å². The standard InChI is InChI=1S/C16H29N/c1-9-14(11(3)4)16(13(7)8)17-15(10-2)12(5)6/h10-13H,2,9H2,1,3-8H3/b16-14+,17-15+. The molecule has 0 heterocycles.